The Balaban J connectivity index is 2.95. The van der Waals surface area contributed by atoms with Gasteiger partial charge in [-0.1, -0.05) is 0 Å². The van der Waals surface area contributed by atoms with Crippen LogP contribution < -0.4 is 0 Å². The molecule has 1 fully saturated rings. The Bertz CT molecular complexity index is 423. The molecular formula is C8H13F3N2O4S. The van der Waals surface area contributed by atoms with Crippen LogP contribution in [-0.4, -0.2) is 60.0 Å². The van der Waals surface area contributed by atoms with Crippen molar-refractivity contribution >= 4 is 16.2 Å². The van der Waals surface area contributed by atoms with Gasteiger partial charge in [-0.05, 0) is 13.3 Å². The van der Waals surface area contributed by atoms with Crippen molar-refractivity contribution in [3.8, 4) is 0 Å². The highest BCUT2D eigenvalue weighted by Gasteiger charge is 2.43. The topological polar surface area (TPSA) is 77.9 Å². The number of aliphatic carboxylic acids is 1. The predicted molar refractivity (Wildman–Crippen MR) is 55.0 cm³/mol. The van der Waals surface area contributed by atoms with E-state index in [9.17, 15) is 26.4 Å². The minimum absolute atomic E-state index is 0.0931. The number of hydrogen-bond donors (Lipinski definition) is 1. The Kier molecular flexibility index (Phi) is 4.23. The third-order valence-corrected chi connectivity index (χ3v) is 4.61. The summed E-state index contributed by atoms with van der Waals surface area (Å²) >= 11 is 0. The normalized spacial score (nSPS) is 23.8. The van der Waals surface area contributed by atoms with E-state index in [1.807, 2.05) is 0 Å². The van der Waals surface area contributed by atoms with Crippen LogP contribution in [0.4, 0.5) is 13.2 Å². The molecule has 18 heavy (non-hydrogen) atoms. The quantitative estimate of drug-likeness (QED) is 0.809. The molecule has 1 aliphatic heterocycles. The van der Waals surface area contributed by atoms with Crippen LogP contribution >= 0.6 is 0 Å². The SMILES string of the molecule is CC(C(=O)O)N1CCCN(CC(F)(F)F)S1(=O)=O. The van der Waals surface area contributed by atoms with E-state index in [2.05, 4.69) is 0 Å². The number of carboxylic acids is 1. The Labute approximate surface area is 102 Å². The zero-order chi connectivity index (χ0) is 14.1. The number of carboxylic acid groups (broad SMARTS) is 1. The third-order valence-electron chi connectivity index (χ3n) is 2.55. The van der Waals surface area contributed by atoms with Crippen molar-refractivity contribution < 1.29 is 31.5 Å². The molecule has 1 rings (SSSR count). The molecule has 0 aromatic rings. The van der Waals surface area contributed by atoms with E-state index in [0.29, 0.717) is 4.31 Å². The van der Waals surface area contributed by atoms with Crippen LogP contribution in [0.5, 0.6) is 0 Å². The summed E-state index contributed by atoms with van der Waals surface area (Å²) in [5, 5.41) is 8.74. The van der Waals surface area contributed by atoms with Crippen LogP contribution in [-0.2, 0) is 15.0 Å². The highest BCUT2D eigenvalue weighted by molar-refractivity contribution is 7.86. The molecule has 1 atom stereocenters. The van der Waals surface area contributed by atoms with Gasteiger partial charge in [0.05, 0.1) is 0 Å². The molecule has 0 aliphatic carbocycles. The van der Waals surface area contributed by atoms with Gasteiger partial charge in [0.25, 0.3) is 10.2 Å². The third kappa shape index (κ3) is 3.33. The second kappa shape index (κ2) is 5.02. The summed E-state index contributed by atoms with van der Waals surface area (Å²) in [6.07, 6.45) is -4.49. The Hall–Kier alpha value is -0.870. The molecule has 10 heteroatoms. The van der Waals surface area contributed by atoms with Crippen molar-refractivity contribution in [3.05, 3.63) is 0 Å². The maximum atomic E-state index is 12.2. The summed E-state index contributed by atoms with van der Waals surface area (Å²) in [5.41, 5.74) is 0. The Morgan fingerprint density at radius 3 is 2.39 bits per heavy atom. The Morgan fingerprint density at radius 2 is 1.94 bits per heavy atom. The maximum Gasteiger partial charge on any atom is 0.402 e. The highest BCUT2D eigenvalue weighted by Crippen LogP contribution is 2.24. The van der Waals surface area contributed by atoms with Gasteiger partial charge in [0.2, 0.25) is 0 Å². The first-order valence-electron chi connectivity index (χ1n) is 5.12. The molecule has 1 saturated heterocycles. The fraction of sp³-hybridized carbons (Fsp3) is 0.875. The lowest BCUT2D eigenvalue weighted by Gasteiger charge is -2.36. The van der Waals surface area contributed by atoms with Crippen molar-refractivity contribution in [3.63, 3.8) is 0 Å². The van der Waals surface area contributed by atoms with Crippen LogP contribution in [0.3, 0.4) is 0 Å². The monoisotopic (exact) mass is 290 g/mol. The van der Waals surface area contributed by atoms with E-state index < -0.39 is 34.9 Å². The van der Waals surface area contributed by atoms with Crippen molar-refractivity contribution in [2.45, 2.75) is 25.6 Å². The molecule has 6 nitrogen and oxygen atoms in total. The predicted octanol–water partition coefficient (Wildman–Crippen LogP) is 0.274. The first-order chi connectivity index (χ1) is 8.05. The molecule has 0 aromatic carbocycles. The lowest BCUT2D eigenvalue weighted by atomic mass is 10.3. The zero-order valence-electron chi connectivity index (χ0n) is 9.51. The van der Waals surface area contributed by atoms with Gasteiger partial charge in [0, 0.05) is 13.1 Å². The van der Waals surface area contributed by atoms with E-state index in [-0.39, 0.29) is 23.8 Å². The second-order valence-corrected chi connectivity index (χ2v) is 5.82. The van der Waals surface area contributed by atoms with E-state index in [0.717, 1.165) is 6.92 Å². The van der Waals surface area contributed by atoms with Gasteiger partial charge in [0.15, 0.2) is 0 Å². The van der Waals surface area contributed by atoms with E-state index in [1.54, 1.807) is 0 Å². The summed E-state index contributed by atoms with van der Waals surface area (Å²) in [6.45, 7) is -0.829. The van der Waals surface area contributed by atoms with Gasteiger partial charge in [-0.15, -0.1) is 0 Å². The lowest BCUT2D eigenvalue weighted by Crippen LogP contribution is -2.56. The van der Waals surface area contributed by atoms with Crippen LogP contribution in [0.1, 0.15) is 13.3 Å². The van der Waals surface area contributed by atoms with Gasteiger partial charge in [-0.3, -0.25) is 4.79 Å². The van der Waals surface area contributed by atoms with Crippen molar-refractivity contribution in [2.75, 3.05) is 19.6 Å². The molecule has 0 radical (unpaired) electrons. The average Bonchev–Trinajstić information content (AvgIpc) is 2.18. The maximum absolute atomic E-state index is 12.2. The number of alkyl halides is 3. The molecule has 1 aliphatic rings. The molecule has 1 heterocycles. The summed E-state index contributed by atoms with van der Waals surface area (Å²) in [7, 11) is -4.38. The minimum atomic E-state index is -4.65. The Morgan fingerprint density at radius 1 is 1.39 bits per heavy atom. The number of nitrogens with zero attached hydrogens (tertiary/aromatic N) is 2. The number of halogens is 3. The van der Waals surface area contributed by atoms with E-state index in [1.165, 1.54) is 0 Å². The molecule has 1 unspecified atom stereocenters. The summed E-state index contributed by atoms with van der Waals surface area (Å²) in [6, 6.07) is -1.38. The standard InChI is InChI=1S/C8H13F3N2O4S/c1-6(7(14)15)13-4-2-3-12(18(13,16)17)5-8(9,10)11/h6H,2-5H2,1H3,(H,14,15). The van der Waals surface area contributed by atoms with Crippen molar-refractivity contribution in [2.24, 2.45) is 0 Å². The van der Waals surface area contributed by atoms with Crippen LogP contribution in [0, 0.1) is 0 Å². The fourth-order valence-corrected chi connectivity index (χ4v) is 3.47. The summed E-state index contributed by atoms with van der Waals surface area (Å²) < 4.78 is 61.2. The molecule has 0 amide bonds. The van der Waals surface area contributed by atoms with Crippen molar-refractivity contribution in [1.29, 1.82) is 0 Å². The number of hydrogen-bond acceptors (Lipinski definition) is 3. The molecule has 0 aromatic heterocycles. The van der Waals surface area contributed by atoms with Gasteiger partial charge < -0.3 is 5.11 Å². The molecule has 106 valence electrons. The number of carbonyl (C=O) groups is 1. The van der Waals surface area contributed by atoms with E-state index in [4.69, 9.17) is 5.11 Å². The number of rotatable bonds is 3. The average molecular weight is 290 g/mol. The van der Waals surface area contributed by atoms with Gasteiger partial charge in [-0.25, -0.2) is 0 Å². The largest absolute Gasteiger partial charge is 0.480 e. The molecule has 0 spiro atoms. The summed E-state index contributed by atoms with van der Waals surface area (Å²) in [5.74, 6) is -1.40. The molecule has 1 N–H and O–H groups in total. The zero-order valence-corrected chi connectivity index (χ0v) is 10.3. The van der Waals surface area contributed by atoms with Crippen LogP contribution in [0.2, 0.25) is 0 Å². The first-order valence-corrected chi connectivity index (χ1v) is 6.52. The summed E-state index contributed by atoms with van der Waals surface area (Å²) in [4.78, 5) is 10.7. The second-order valence-electron chi connectivity index (χ2n) is 3.93. The lowest BCUT2D eigenvalue weighted by molar-refractivity contribution is -0.142. The van der Waals surface area contributed by atoms with Crippen LogP contribution in [0.15, 0.2) is 0 Å². The van der Waals surface area contributed by atoms with Gasteiger partial charge >= 0.3 is 12.1 Å². The molecule has 0 saturated carbocycles. The minimum Gasteiger partial charge on any atom is -0.480 e. The smallest absolute Gasteiger partial charge is 0.402 e. The van der Waals surface area contributed by atoms with Crippen LogP contribution in [0.25, 0.3) is 0 Å². The van der Waals surface area contributed by atoms with Crippen molar-refractivity contribution in [1.82, 2.24) is 8.61 Å². The first kappa shape index (κ1) is 15.2. The van der Waals surface area contributed by atoms with E-state index >= 15 is 0 Å². The molecular weight excluding hydrogens is 277 g/mol. The van der Waals surface area contributed by atoms with Gasteiger partial charge in [0.1, 0.15) is 12.6 Å². The van der Waals surface area contributed by atoms with Gasteiger partial charge in [-0.2, -0.15) is 30.2 Å². The fourth-order valence-electron chi connectivity index (χ4n) is 1.66. The highest BCUT2D eigenvalue weighted by atomic mass is 32.2. The molecule has 0 bridgehead atoms.